The lowest BCUT2D eigenvalue weighted by atomic mass is 9.76. The van der Waals surface area contributed by atoms with E-state index in [0.29, 0.717) is 23.6 Å². The van der Waals surface area contributed by atoms with Crippen LogP contribution in [0.3, 0.4) is 0 Å². The first-order valence-corrected chi connectivity index (χ1v) is 9.39. The zero-order valence-corrected chi connectivity index (χ0v) is 14.9. The molecule has 3 atom stereocenters. The van der Waals surface area contributed by atoms with Crippen LogP contribution in [0.25, 0.3) is 16.6 Å². The molecule has 0 saturated carbocycles. The van der Waals surface area contributed by atoms with Gasteiger partial charge in [0.15, 0.2) is 0 Å². The van der Waals surface area contributed by atoms with Gasteiger partial charge in [-0.3, -0.25) is 4.90 Å². The number of carbonyl (C=O) groups is 1. The lowest BCUT2D eigenvalue weighted by Crippen LogP contribution is -2.48. The number of aromatic nitrogens is 1. The van der Waals surface area contributed by atoms with Crippen molar-refractivity contribution in [3.8, 4) is 0 Å². The molecule has 1 fully saturated rings. The Morgan fingerprint density at radius 2 is 2.16 bits per heavy atom. The number of esters is 1. The molecule has 0 aliphatic carbocycles. The minimum atomic E-state index is -0.224. The summed E-state index contributed by atoms with van der Waals surface area (Å²) in [6, 6.07) is 8.90. The van der Waals surface area contributed by atoms with E-state index >= 15 is 0 Å². The van der Waals surface area contributed by atoms with Gasteiger partial charge in [-0.25, -0.2) is 4.79 Å². The van der Waals surface area contributed by atoms with Crippen LogP contribution < -0.4 is 0 Å². The van der Waals surface area contributed by atoms with Gasteiger partial charge in [-0.2, -0.15) is 0 Å². The van der Waals surface area contributed by atoms with E-state index in [0.717, 1.165) is 18.5 Å². The van der Waals surface area contributed by atoms with Gasteiger partial charge in [0.05, 0.1) is 18.7 Å². The topological polar surface area (TPSA) is 34.5 Å². The van der Waals surface area contributed by atoms with Crippen molar-refractivity contribution in [3.63, 3.8) is 0 Å². The second-order valence-corrected chi connectivity index (χ2v) is 7.62. The summed E-state index contributed by atoms with van der Waals surface area (Å²) in [6.45, 7) is 4.59. The predicted molar refractivity (Wildman–Crippen MR) is 98.1 cm³/mol. The van der Waals surface area contributed by atoms with E-state index in [1.165, 1.54) is 43.1 Å². The average molecular weight is 336 g/mol. The molecule has 0 bridgehead atoms. The van der Waals surface area contributed by atoms with Gasteiger partial charge in [-0.05, 0) is 36.5 Å². The van der Waals surface area contributed by atoms with Crippen molar-refractivity contribution >= 4 is 22.6 Å². The minimum Gasteiger partial charge on any atom is -0.464 e. The van der Waals surface area contributed by atoms with E-state index in [1.54, 1.807) is 0 Å². The normalized spacial score (nSPS) is 27.8. The average Bonchev–Trinajstić information content (AvgIpc) is 3.00. The molecule has 3 aliphatic rings. The van der Waals surface area contributed by atoms with Crippen LogP contribution in [0.2, 0.25) is 0 Å². The Kier molecular flexibility index (Phi) is 3.32. The molecule has 4 nitrogen and oxygen atoms in total. The van der Waals surface area contributed by atoms with Gasteiger partial charge >= 0.3 is 5.97 Å². The molecule has 5 rings (SSSR count). The van der Waals surface area contributed by atoms with Gasteiger partial charge in [-0.15, -0.1) is 0 Å². The number of methoxy groups -OCH3 is 1. The first kappa shape index (κ1) is 15.2. The lowest BCUT2D eigenvalue weighted by Gasteiger charge is -2.48. The van der Waals surface area contributed by atoms with Crippen LogP contribution in [-0.4, -0.2) is 35.6 Å². The molecule has 4 heteroatoms. The van der Waals surface area contributed by atoms with E-state index in [2.05, 4.69) is 46.7 Å². The second-order valence-electron chi connectivity index (χ2n) is 7.62. The monoisotopic (exact) mass is 336 g/mol. The SMILES string of the molecule is CCC1CC2C=C(C(=O)OC)n3c4c(c5ccccc53)CCN(C1)C42. The molecule has 25 heavy (non-hydrogen) atoms. The molecular weight excluding hydrogens is 312 g/mol. The third-order valence-corrected chi connectivity index (χ3v) is 6.43. The molecule has 0 radical (unpaired) electrons. The van der Waals surface area contributed by atoms with Crippen LogP contribution in [0.5, 0.6) is 0 Å². The quantitative estimate of drug-likeness (QED) is 0.786. The van der Waals surface area contributed by atoms with Gasteiger partial charge < -0.3 is 9.30 Å². The number of ether oxygens (including phenoxy) is 1. The first-order chi connectivity index (χ1) is 12.2. The van der Waals surface area contributed by atoms with Crippen molar-refractivity contribution in [3.05, 3.63) is 41.6 Å². The van der Waals surface area contributed by atoms with Crippen LogP contribution in [0.4, 0.5) is 0 Å². The largest absolute Gasteiger partial charge is 0.464 e. The van der Waals surface area contributed by atoms with Crippen molar-refractivity contribution in [2.75, 3.05) is 20.2 Å². The molecule has 4 heterocycles. The fraction of sp³-hybridized carbons (Fsp3) is 0.476. The molecule has 1 saturated heterocycles. The maximum Gasteiger partial charge on any atom is 0.354 e. The highest BCUT2D eigenvalue weighted by Crippen LogP contribution is 2.50. The number of nitrogens with zero attached hydrogens (tertiary/aromatic N) is 2. The van der Waals surface area contributed by atoms with Gasteiger partial charge in [-0.1, -0.05) is 31.5 Å². The van der Waals surface area contributed by atoms with Gasteiger partial charge in [0.2, 0.25) is 0 Å². The summed E-state index contributed by atoms with van der Waals surface area (Å²) in [5.74, 6) is 0.898. The fourth-order valence-electron chi connectivity index (χ4n) is 5.32. The first-order valence-electron chi connectivity index (χ1n) is 9.39. The van der Waals surface area contributed by atoms with Crippen molar-refractivity contribution in [1.82, 2.24) is 9.47 Å². The van der Waals surface area contributed by atoms with Crippen molar-refractivity contribution in [1.29, 1.82) is 0 Å². The molecule has 0 N–H and O–H groups in total. The number of hydrogen-bond donors (Lipinski definition) is 0. The highest BCUT2D eigenvalue weighted by molar-refractivity contribution is 6.13. The lowest BCUT2D eigenvalue weighted by molar-refractivity contribution is -0.134. The summed E-state index contributed by atoms with van der Waals surface area (Å²) >= 11 is 0. The van der Waals surface area contributed by atoms with Crippen LogP contribution in [0, 0.1) is 11.8 Å². The molecule has 3 unspecified atom stereocenters. The molecule has 2 aromatic rings. The third-order valence-electron chi connectivity index (χ3n) is 6.43. The van der Waals surface area contributed by atoms with Crippen LogP contribution in [-0.2, 0) is 16.0 Å². The Morgan fingerprint density at radius 3 is 2.96 bits per heavy atom. The van der Waals surface area contributed by atoms with Gasteiger partial charge in [0.1, 0.15) is 5.70 Å². The van der Waals surface area contributed by atoms with Crippen molar-refractivity contribution in [2.24, 2.45) is 11.8 Å². The summed E-state index contributed by atoms with van der Waals surface area (Å²) in [5, 5.41) is 1.30. The van der Waals surface area contributed by atoms with Crippen LogP contribution in [0.1, 0.15) is 37.1 Å². The van der Waals surface area contributed by atoms with E-state index in [4.69, 9.17) is 4.74 Å². The molecule has 130 valence electrons. The zero-order valence-electron chi connectivity index (χ0n) is 14.9. The highest BCUT2D eigenvalue weighted by Gasteiger charge is 2.45. The Labute approximate surface area is 148 Å². The number of para-hydroxylation sites is 1. The van der Waals surface area contributed by atoms with Crippen LogP contribution in [0.15, 0.2) is 30.3 Å². The maximum absolute atomic E-state index is 12.6. The molecule has 1 aromatic heterocycles. The molecule has 0 spiro atoms. The Balaban J connectivity index is 1.79. The predicted octanol–water partition coefficient (Wildman–Crippen LogP) is 3.61. The standard InChI is InChI=1S/C21H24N2O2/c1-3-13-10-14-11-18(21(24)25-2)23-17-7-5-4-6-15(17)16-8-9-22(12-13)19(14)20(16)23/h4-7,11,13-14,19H,3,8-10,12H2,1-2H3. The number of benzene rings is 1. The summed E-state index contributed by atoms with van der Waals surface area (Å²) in [6.07, 6.45) is 5.63. The minimum absolute atomic E-state index is 0.224. The van der Waals surface area contributed by atoms with Gasteiger partial charge in [0, 0.05) is 30.1 Å². The number of hydrogen-bond acceptors (Lipinski definition) is 3. The number of piperidine rings is 1. The van der Waals surface area contributed by atoms with Crippen molar-refractivity contribution in [2.45, 2.75) is 32.2 Å². The zero-order chi connectivity index (χ0) is 17.1. The number of fused-ring (bicyclic) bond motifs is 3. The molecule has 1 aromatic carbocycles. The summed E-state index contributed by atoms with van der Waals surface area (Å²) in [5.41, 5.74) is 4.63. The van der Waals surface area contributed by atoms with E-state index in [-0.39, 0.29) is 5.97 Å². The van der Waals surface area contributed by atoms with E-state index in [1.807, 2.05) is 0 Å². The highest BCUT2D eigenvalue weighted by atomic mass is 16.5. The summed E-state index contributed by atoms with van der Waals surface area (Å²) in [4.78, 5) is 15.2. The van der Waals surface area contributed by atoms with E-state index < -0.39 is 0 Å². The van der Waals surface area contributed by atoms with E-state index in [9.17, 15) is 4.79 Å². The number of rotatable bonds is 2. The molecule has 0 amide bonds. The number of carbonyl (C=O) groups excluding carboxylic acids is 1. The Hall–Kier alpha value is -2.07. The second kappa shape index (κ2) is 5.46. The van der Waals surface area contributed by atoms with Crippen molar-refractivity contribution < 1.29 is 9.53 Å². The maximum atomic E-state index is 12.6. The summed E-state index contributed by atoms with van der Waals surface area (Å²) < 4.78 is 7.33. The summed E-state index contributed by atoms with van der Waals surface area (Å²) in [7, 11) is 1.48. The Morgan fingerprint density at radius 1 is 1.32 bits per heavy atom. The molecule has 3 aliphatic heterocycles. The Bertz CT molecular complexity index is 895. The smallest absolute Gasteiger partial charge is 0.354 e. The fourth-order valence-corrected chi connectivity index (χ4v) is 5.32. The van der Waals surface area contributed by atoms with Crippen LogP contribution >= 0.6 is 0 Å². The third kappa shape index (κ3) is 2.00. The van der Waals surface area contributed by atoms with Gasteiger partial charge in [0.25, 0.3) is 0 Å². The molecular formula is C21H24N2O2.